The summed E-state index contributed by atoms with van der Waals surface area (Å²) in [7, 11) is 3.11. The van der Waals surface area contributed by atoms with Crippen molar-refractivity contribution in [1.82, 2.24) is 10.6 Å². The first-order chi connectivity index (χ1) is 9.17. The number of methoxy groups -OCH3 is 1. The maximum atomic E-state index is 11.3. The zero-order valence-corrected chi connectivity index (χ0v) is 15.2. The molecule has 0 aromatic carbocycles. The van der Waals surface area contributed by atoms with Crippen LogP contribution in [0, 0.1) is 5.92 Å². The fraction of sp³-hybridized carbons (Fsp3) is 0.538. The number of aliphatic imine (C=N–C) groups is 1. The Labute approximate surface area is 141 Å². The summed E-state index contributed by atoms with van der Waals surface area (Å²) in [4.78, 5) is 16.7. The van der Waals surface area contributed by atoms with Crippen LogP contribution in [0.1, 0.15) is 11.8 Å². The van der Waals surface area contributed by atoms with E-state index in [-0.39, 0.29) is 35.9 Å². The van der Waals surface area contributed by atoms with Crippen LogP contribution in [0.15, 0.2) is 22.5 Å². The molecule has 1 aromatic rings. The normalized spacial score (nSPS) is 12.2. The van der Waals surface area contributed by atoms with Crippen molar-refractivity contribution >= 4 is 47.2 Å². The van der Waals surface area contributed by atoms with E-state index < -0.39 is 0 Å². The van der Waals surface area contributed by atoms with Crippen molar-refractivity contribution in [2.24, 2.45) is 10.9 Å². The second-order valence-corrected chi connectivity index (χ2v) is 5.17. The minimum Gasteiger partial charge on any atom is -0.469 e. The molecule has 1 unspecified atom stereocenters. The second kappa shape index (κ2) is 10.9. The third-order valence-corrected chi connectivity index (χ3v) is 3.58. The Morgan fingerprint density at radius 1 is 1.50 bits per heavy atom. The zero-order chi connectivity index (χ0) is 14.1. The molecule has 1 atom stereocenters. The molecule has 0 bridgehead atoms. The fourth-order valence-electron chi connectivity index (χ4n) is 1.51. The van der Waals surface area contributed by atoms with E-state index >= 15 is 0 Å². The highest BCUT2D eigenvalue weighted by Crippen LogP contribution is 2.07. The predicted molar refractivity (Wildman–Crippen MR) is 94.0 cm³/mol. The molecule has 0 radical (unpaired) electrons. The molecule has 0 amide bonds. The maximum Gasteiger partial charge on any atom is 0.310 e. The molecule has 0 saturated carbocycles. The lowest BCUT2D eigenvalue weighted by Gasteiger charge is -2.14. The fourth-order valence-corrected chi connectivity index (χ4v) is 2.22. The molecule has 114 valence electrons. The number of hydrogen-bond donors (Lipinski definition) is 2. The minimum atomic E-state index is -0.221. The molecule has 0 aliphatic heterocycles. The molecular weight excluding hydrogens is 389 g/mol. The predicted octanol–water partition coefficient (Wildman–Crippen LogP) is 1.88. The lowest BCUT2D eigenvalue weighted by molar-refractivity contribution is -0.144. The third-order valence-electron chi connectivity index (χ3n) is 2.65. The third kappa shape index (κ3) is 7.09. The van der Waals surface area contributed by atoms with Gasteiger partial charge >= 0.3 is 5.97 Å². The summed E-state index contributed by atoms with van der Waals surface area (Å²) in [6.07, 6.45) is 0.963. The molecular formula is C13H22IN3O2S. The molecule has 5 nitrogen and oxygen atoms in total. The van der Waals surface area contributed by atoms with E-state index in [9.17, 15) is 4.79 Å². The summed E-state index contributed by atoms with van der Waals surface area (Å²) in [6, 6.07) is 4.16. The van der Waals surface area contributed by atoms with Crippen molar-refractivity contribution in [3.8, 4) is 0 Å². The smallest absolute Gasteiger partial charge is 0.310 e. The quantitative estimate of drug-likeness (QED) is 0.325. The lowest BCUT2D eigenvalue weighted by Crippen LogP contribution is -2.41. The first kappa shape index (κ1) is 19.2. The van der Waals surface area contributed by atoms with Crippen molar-refractivity contribution in [2.45, 2.75) is 13.3 Å². The largest absolute Gasteiger partial charge is 0.469 e. The van der Waals surface area contributed by atoms with Crippen molar-refractivity contribution in [3.63, 3.8) is 0 Å². The van der Waals surface area contributed by atoms with E-state index in [0.717, 1.165) is 13.0 Å². The summed E-state index contributed by atoms with van der Waals surface area (Å²) in [6.45, 7) is 3.13. The Bertz CT molecular complexity index is 410. The topological polar surface area (TPSA) is 62.7 Å². The van der Waals surface area contributed by atoms with Crippen LogP contribution < -0.4 is 10.6 Å². The van der Waals surface area contributed by atoms with Gasteiger partial charge in [0.15, 0.2) is 5.96 Å². The lowest BCUT2D eigenvalue weighted by atomic mass is 10.2. The summed E-state index contributed by atoms with van der Waals surface area (Å²) in [5, 5.41) is 8.39. The van der Waals surface area contributed by atoms with E-state index in [4.69, 9.17) is 0 Å². The van der Waals surface area contributed by atoms with Gasteiger partial charge < -0.3 is 15.4 Å². The Kier molecular flexibility index (Phi) is 10.4. The highest BCUT2D eigenvalue weighted by Gasteiger charge is 2.13. The molecule has 0 aliphatic rings. The van der Waals surface area contributed by atoms with Crippen molar-refractivity contribution in [1.29, 1.82) is 0 Å². The van der Waals surface area contributed by atoms with Crippen molar-refractivity contribution in [2.75, 3.05) is 27.2 Å². The monoisotopic (exact) mass is 411 g/mol. The van der Waals surface area contributed by atoms with Crippen LogP contribution in [0.2, 0.25) is 0 Å². The Morgan fingerprint density at radius 2 is 2.25 bits per heavy atom. The Balaban J connectivity index is 0.00000361. The highest BCUT2D eigenvalue weighted by molar-refractivity contribution is 14.0. The summed E-state index contributed by atoms with van der Waals surface area (Å²) >= 11 is 1.75. The van der Waals surface area contributed by atoms with Crippen LogP contribution >= 0.6 is 35.3 Å². The van der Waals surface area contributed by atoms with Crippen molar-refractivity contribution < 1.29 is 9.53 Å². The number of nitrogens with one attached hydrogen (secondary N) is 2. The number of ether oxygens (including phenoxy) is 1. The number of halogens is 1. The zero-order valence-electron chi connectivity index (χ0n) is 12.0. The van der Waals surface area contributed by atoms with Crippen molar-refractivity contribution in [3.05, 3.63) is 22.4 Å². The van der Waals surface area contributed by atoms with Gasteiger partial charge in [-0.05, 0) is 17.9 Å². The number of esters is 1. The number of thiophene rings is 1. The summed E-state index contributed by atoms with van der Waals surface area (Å²) in [5.74, 6) is 0.287. The van der Waals surface area contributed by atoms with Gasteiger partial charge in [0.25, 0.3) is 0 Å². The van der Waals surface area contributed by atoms with E-state index in [0.29, 0.717) is 12.5 Å². The molecule has 0 aliphatic carbocycles. The number of carbonyl (C=O) groups excluding carboxylic acids is 1. The van der Waals surface area contributed by atoms with E-state index in [1.807, 2.05) is 13.0 Å². The van der Waals surface area contributed by atoms with Gasteiger partial charge in [-0.15, -0.1) is 35.3 Å². The van der Waals surface area contributed by atoms with Gasteiger partial charge in [-0.1, -0.05) is 13.0 Å². The first-order valence-electron chi connectivity index (χ1n) is 6.22. The van der Waals surface area contributed by atoms with E-state index in [1.165, 1.54) is 12.0 Å². The second-order valence-electron chi connectivity index (χ2n) is 4.13. The summed E-state index contributed by atoms with van der Waals surface area (Å²) in [5.41, 5.74) is 0. The van der Waals surface area contributed by atoms with Gasteiger partial charge in [-0.3, -0.25) is 9.79 Å². The molecule has 0 saturated heterocycles. The number of rotatable bonds is 6. The van der Waals surface area contributed by atoms with Gasteiger partial charge in [0.1, 0.15) is 0 Å². The summed E-state index contributed by atoms with van der Waals surface area (Å²) < 4.78 is 4.67. The number of hydrogen-bond acceptors (Lipinski definition) is 4. The van der Waals surface area contributed by atoms with Gasteiger partial charge in [0, 0.05) is 25.0 Å². The first-order valence-corrected chi connectivity index (χ1v) is 7.10. The maximum absolute atomic E-state index is 11.3. The van der Waals surface area contributed by atoms with E-state index in [2.05, 4.69) is 31.8 Å². The Morgan fingerprint density at radius 3 is 2.80 bits per heavy atom. The number of carbonyl (C=O) groups is 1. The van der Waals surface area contributed by atoms with Gasteiger partial charge in [-0.2, -0.15) is 0 Å². The number of nitrogens with zero attached hydrogens (tertiary/aromatic N) is 1. The molecule has 2 N–H and O–H groups in total. The average Bonchev–Trinajstić information content (AvgIpc) is 2.94. The van der Waals surface area contributed by atoms with Crippen LogP contribution in [-0.4, -0.2) is 39.2 Å². The van der Waals surface area contributed by atoms with Crippen LogP contribution in [0.5, 0.6) is 0 Å². The van der Waals surface area contributed by atoms with Crippen LogP contribution in [0.4, 0.5) is 0 Å². The highest BCUT2D eigenvalue weighted by atomic mass is 127. The Hall–Kier alpha value is -0.830. The van der Waals surface area contributed by atoms with Gasteiger partial charge in [0.2, 0.25) is 0 Å². The molecule has 0 spiro atoms. The molecule has 7 heteroatoms. The molecule has 1 aromatic heterocycles. The molecule has 1 heterocycles. The van der Waals surface area contributed by atoms with E-state index in [1.54, 1.807) is 18.4 Å². The number of guanidine groups is 1. The van der Waals surface area contributed by atoms with Crippen LogP contribution in [0.3, 0.4) is 0 Å². The van der Waals surface area contributed by atoms with Crippen LogP contribution in [-0.2, 0) is 16.0 Å². The molecule has 0 fully saturated rings. The van der Waals surface area contributed by atoms with Crippen LogP contribution in [0.25, 0.3) is 0 Å². The van der Waals surface area contributed by atoms with Gasteiger partial charge in [0.05, 0.1) is 13.0 Å². The average molecular weight is 411 g/mol. The molecule has 20 heavy (non-hydrogen) atoms. The van der Waals surface area contributed by atoms with Gasteiger partial charge in [-0.25, -0.2) is 0 Å². The SMILES string of the molecule is CN=C(NCCc1cccs1)NCC(C)C(=O)OC.I. The molecule has 1 rings (SSSR count). The minimum absolute atomic E-state index is 0. The standard InChI is InChI=1S/C13H21N3O2S.HI/c1-10(12(17)18-3)9-16-13(14-2)15-7-6-11-5-4-8-19-11;/h4-5,8,10H,6-7,9H2,1-3H3,(H2,14,15,16);1H.